The molecule has 10 nitrogen and oxygen atoms in total. The summed E-state index contributed by atoms with van der Waals surface area (Å²) >= 11 is 4.53. The van der Waals surface area contributed by atoms with Crippen molar-refractivity contribution in [2.75, 3.05) is 35.0 Å². The van der Waals surface area contributed by atoms with E-state index in [4.69, 9.17) is 23.7 Å². The minimum atomic E-state index is -0.901. The number of carbonyl (C=O) groups is 1. The fraction of sp³-hybridized carbons (Fsp3) is 0.296. The molecule has 0 saturated heterocycles. The predicted molar refractivity (Wildman–Crippen MR) is 149 cm³/mol. The van der Waals surface area contributed by atoms with Crippen LogP contribution in [0.4, 0.5) is 0 Å². The molecule has 2 aromatic carbocycles. The molecule has 12 heteroatoms. The highest BCUT2D eigenvalue weighted by molar-refractivity contribution is 9.10. The summed E-state index contributed by atoms with van der Waals surface area (Å²) in [6, 6.07) is 5.76. The zero-order valence-corrected chi connectivity index (χ0v) is 24.6. The van der Waals surface area contributed by atoms with Crippen LogP contribution in [0.5, 0.6) is 28.7 Å². The van der Waals surface area contributed by atoms with Gasteiger partial charge < -0.3 is 28.8 Å². The molecule has 0 spiro atoms. The third-order valence-electron chi connectivity index (χ3n) is 6.10. The zero-order chi connectivity index (χ0) is 28.4. The van der Waals surface area contributed by atoms with Crippen molar-refractivity contribution < 1.29 is 33.6 Å². The molecule has 0 amide bonds. The second-order valence-electron chi connectivity index (χ2n) is 8.31. The number of hydrogen-bond acceptors (Lipinski definition) is 10. The van der Waals surface area contributed by atoms with Crippen LogP contribution in [-0.2, 0) is 9.53 Å². The molecular weight excluding hydrogens is 592 g/mol. The Hall–Kier alpha value is -3.77. The van der Waals surface area contributed by atoms with Crippen LogP contribution in [0.1, 0.15) is 31.0 Å². The quantitative estimate of drug-likeness (QED) is 0.382. The van der Waals surface area contributed by atoms with Crippen LogP contribution in [0, 0.1) is 0 Å². The van der Waals surface area contributed by atoms with Gasteiger partial charge in [0.1, 0.15) is 0 Å². The number of methoxy groups -OCH3 is 4. The van der Waals surface area contributed by atoms with E-state index in [0.29, 0.717) is 47.9 Å². The van der Waals surface area contributed by atoms with Crippen LogP contribution in [0.3, 0.4) is 0 Å². The van der Waals surface area contributed by atoms with Gasteiger partial charge in [0.25, 0.3) is 5.56 Å². The number of esters is 1. The predicted octanol–water partition coefficient (Wildman–Crippen LogP) is 3.30. The molecule has 2 heterocycles. The van der Waals surface area contributed by atoms with E-state index < -0.39 is 17.6 Å². The molecule has 1 atom stereocenters. The van der Waals surface area contributed by atoms with Gasteiger partial charge in [0.15, 0.2) is 27.8 Å². The fourth-order valence-corrected chi connectivity index (χ4v) is 5.86. The van der Waals surface area contributed by atoms with Crippen molar-refractivity contribution in [2.45, 2.75) is 19.9 Å². The van der Waals surface area contributed by atoms with Gasteiger partial charge in [-0.1, -0.05) is 27.3 Å². The van der Waals surface area contributed by atoms with Gasteiger partial charge in [0.05, 0.1) is 56.9 Å². The van der Waals surface area contributed by atoms with Crippen molar-refractivity contribution in [1.29, 1.82) is 0 Å². The van der Waals surface area contributed by atoms with Crippen molar-refractivity contribution in [3.05, 3.63) is 70.8 Å². The number of benzene rings is 2. The number of aromatic nitrogens is 1. The molecule has 1 aliphatic heterocycles. The molecule has 206 valence electrons. The summed E-state index contributed by atoms with van der Waals surface area (Å²) in [5.74, 6) is 0.626. The summed E-state index contributed by atoms with van der Waals surface area (Å²) in [6.45, 7) is 3.54. The van der Waals surface area contributed by atoms with E-state index in [9.17, 15) is 14.7 Å². The summed E-state index contributed by atoms with van der Waals surface area (Å²) in [7, 11) is 5.90. The van der Waals surface area contributed by atoms with Crippen LogP contribution in [0.2, 0.25) is 0 Å². The van der Waals surface area contributed by atoms with Crippen molar-refractivity contribution >= 4 is 39.3 Å². The molecule has 0 fully saturated rings. The number of allylic oxidation sites excluding steroid dienone is 1. The molecule has 1 aliphatic rings. The van der Waals surface area contributed by atoms with E-state index in [1.54, 1.807) is 44.2 Å². The Bertz CT molecular complexity index is 1630. The van der Waals surface area contributed by atoms with Gasteiger partial charge in [-0.15, -0.1) is 0 Å². The largest absolute Gasteiger partial charge is 0.504 e. The lowest BCUT2D eigenvalue weighted by molar-refractivity contribution is -0.139. The summed E-state index contributed by atoms with van der Waals surface area (Å²) in [4.78, 5) is 32.1. The number of phenols is 1. The fourth-order valence-electron chi connectivity index (χ4n) is 4.37. The number of fused-ring (bicyclic) bond motifs is 1. The Labute approximate surface area is 236 Å². The smallest absolute Gasteiger partial charge is 0.338 e. The first-order valence-corrected chi connectivity index (χ1v) is 13.4. The highest BCUT2D eigenvalue weighted by Crippen LogP contribution is 2.42. The number of phenolic OH excluding ortho intramolecular Hbond substituents is 1. The van der Waals surface area contributed by atoms with Gasteiger partial charge in [0, 0.05) is 10.0 Å². The highest BCUT2D eigenvalue weighted by Gasteiger charge is 2.34. The van der Waals surface area contributed by atoms with Gasteiger partial charge >= 0.3 is 5.97 Å². The van der Waals surface area contributed by atoms with Crippen molar-refractivity contribution in [3.63, 3.8) is 0 Å². The molecule has 0 saturated carbocycles. The molecule has 0 bridgehead atoms. The average Bonchev–Trinajstić information content (AvgIpc) is 3.22. The summed E-state index contributed by atoms with van der Waals surface area (Å²) in [5, 5.41) is 10.7. The lowest BCUT2D eigenvalue weighted by atomic mass is 9.95. The van der Waals surface area contributed by atoms with E-state index in [-0.39, 0.29) is 23.7 Å². The standard InChI is InChI=1S/C27H27BrN2O8S/c1-7-38-26(33)21-13(2)29-27-30(22(21)14-9-18(35-4)24(37-6)19(10-14)36-5)25(32)20(39-27)11-15-8-16(28)12-17(34-3)23(15)31/h8-12,22,31H,7H2,1-6H3/b20-11-/t22-/m1/s1. The number of thiazole rings is 1. The molecule has 3 aromatic rings. The van der Waals surface area contributed by atoms with Crippen LogP contribution in [0.15, 0.2) is 49.8 Å². The summed E-state index contributed by atoms with van der Waals surface area (Å²) in [5.41, 5.74) is 1.10. The number of nitrogens with zero attached hydrogens (tertiary/aromatic N) is 2. The zero-order valence-electron chi connectivity index (χ0n) is 22.2. The molecule has 1 N–H and O–H groups in total. The molecule has 0 radical (unpaired) electrons. The minimum Gasteiger partial charge on any atom is -0.504 e. The lowest BCUT2D eigenvalue weighted by Crippen LogP contribution is -2.40. The van der Waals surface area contributed by atoms with Gasteiger partial charge in [-0.3, -0.25) is 9.36 Å². The topological polar surface area (TPSA) is 118 Å². The first kappa shape index (κ1) is 28.2. The monoisotopic (exact) mass is 618 g/mol. The Morgan fingerprint density at radius 3 is 2.28 bits per heavy atom. The van der Waals surface area contributed by atoms with E-state index in [1.165, 1.54) is 33.0 Å². The van der Waals surface area contributed by atoms with E-state index >= 15 is 0 Å². The maximum absolute atomic E-state index is 13.9. The van der Waals surface area contributed by atoms with Gasteiger partial charge in [-0.2, -0.15) is 0 Å². The van der Waals surface area contributed by atoms with Crippen LogP contribution >= 0.6 is 27.3 Å². The third kappa shape index (κ3) is 5.13. The Kier molecular flexibility index (Phi) is 8.36. The Balaban J connectivity index is 2.04. The molecule has 0 unspecified atom stereocenters. The van der Waals surface area contributed by atoms with Gasteiger partial charge in [-0.25, -0.2) is 9.79 Å². The second-order valence-corrected chi connectivity index (χ2v) is 10.2. The van der Waals surface area contributed by atoms with Crippen molar-refractivity contribution in [3.8, 4) is 28.7 Å². The number of carbonyl (C=O) groups excluding carboxylic acids is 1. The number of ether oxygens (including phenoxy) is 5. The minimum absolute atomic E-state index is 0.115. The molecular formula is C27H27BrN2O8S. The second kappa shape index (κ2) is 11.5. The first-order valence-electron chi connectivity index (χ1n) is 11.7. The van der Waals surface area contributed by atoms with E-state index in [0.717, 1.165) is 11.3 Å². The first-order chi connectivity index (χ1) is 18.7. The van der Waals surface area contributed by atoms with Crippen molar-refractivity contribution in [2.24, 2.45) is 4.99 Å². The maximum Gasteiger partial charge on any atom is 0.338 e. The lowest BCUT2D eigenvalue weighted by Gasteiger charge is -2.26. The Morgan fingerprint density at radius 1 is 1.08 bits per heavy atom. The van der Waals surface area contributed by atoms with Crippen LogP contribution < -0.4 is 33.8 Å². The van der Waals surface area contributed by atoms with Gasteiger partial charge in [0.2, 0.25) is 5.75 Å². The molecule has 0 aliphatic carbocycles. The number of aromatic hydroxyl groups is 1. The summed E-state index contributed by atoms with van der Waals surface area (Å²) < 4.78 is 29.5. The molecule has 1 aromatic heterocycles. The van der Waals surface area contributed by atoms with Crippen LogP contribution in [0.25, 0.3) is 6.08 Å². The Morgan fingerprint density at radius 2 is 1.72 bits per heavy atom. The maximum atomic E-state index is 13.9. The van der Waals surface area contributed by atoms with E-state index in [1.807, 2.05) is 0 Å². The third-order valence-corrected chi connectivity index (χ3v) is 7.54. The highest BCUT2D eigenvalue weighted by atomic mass is 79.9. The normalized spacial score (nSPS) is 14.9. The van der Waals surface area contributed by atoms with Crippen LogP contribution in [-0.4, -0.2) is 50.7 Å². The average molecular weight is 619 g/mol. The van der Waals surface area contributed by atoms with Crippen molar-refractivity contribution in [1.82, 2.24) is 4.57 Å². The van der Waals surface area contributed by atoms with Gasteiger partial charge in [-0.05, 0) is 49.8 Å². The summed E-state index contributed by atoms with van der Waals surface area (Å²) in [6.07, 6.45) is 1.56. The number of hydrogen-bond donors (Lipinski definition) is 1. The number of rotatable bonds is 8. The SMILES string of the molecule is CCOC(=O)C1=C(C)N=c2s/c(=C\c3cc(Br)cc(OC)c3O)c(=O)n2[C@@H]1c1cc(OC)c(OC)c(OC)c1. The van der Waals surface area contributed by atoms with E-state index in [2.05, 4.69) is 20.9 Å². The number of halogens is 1. The molecule has 4 rings (SSSR count). The molecule has 39 heavy (non-hydrogen) atoms.